The first-order valence-corrected chi connectivity index (χ1v) is 14.4. The molecule has 212 valence electrons. The Bertz CT molecular complexity index is 1550. The van der Waals surface area contributed by atoms with Gasteiger partial charge in [-0.15, -0.1) is 0 Å². The lowest BCUT2D eigenvalue weighted by Crippen LogP contribution is -2.38. The highest BCUT2D eigenvalue weighted by Gasteiger charge is 2.31. The first-order chi connectivity index (χ1) is 20.0. The van der Waals surface area contributed by atoms with E-state index in [1.165, 1.54) is 37.0 Å². The first kappa shape index (κ1) is 28.4. The molecule has 0 radical (unpaired) electrons. The van der Waals surface area contributed by atoms with Crippen molar-refractivity contribution in [2.45, 2.75) is 58.0 Å². The Balaban J connectivity index is 1.58. The standard InChI is InChI=1S/C33H35F2N5O/c1-2-3-18-40(33(41)26-12-9-13-27(34)31(26)35)30(32-37-28-15-14-23(21-36)19-29(28)38-32)20-24-10-5-6-11-25(24)22-39-16-7-4-8-17-39/h5-6,9-15,19,30H,2-4,7-8,16-18,20,22H2,1H3,(H,37,38). The molecule has 2 heterocycles. The van der Waals surface area contributed by atoms with Crippen LogP contribution in [0.15, 0.2) is 60.7 Å². The minimum atomic E-state index is -1.15. The van der Waals surface area contributed by atoms with Crippen LogP contribution in [0, 0.1) is 23.0 Å². The van der Waals surface area contributed by atoms with Gasteiger partial charge in [0.05, 0.1) is 34.3 Å². The molecule has 0 bridgehead atoms. The number of nitriles is 1. The van der Waals surface area contributed by atoms with Crippen LogP contribution in [-0.2, 0) is 13.0 Å². The van der Waals surface area contributed by atoms with Crippen LogP contribution in [0.5, 0.6) is 0 Å². The van der Waals surface area contributed by atoms with Crippen LogP contribution < -0.4 is 0 Å². The minimum absolute atomic E-state index is 0.296. The van der Waals surface area contributed by atoms with Gasteiger partial charge in [0.2, 0.25) is 0 Å². The van der Waals surface area contributed by atoms with E-state index in [1.54, 1.807) is 23.1 Å². The number of piperidine rings is 1. The maximum atomic E-state index is 14.9. The number of halogens is 2. The summed E-state index contributed by atoms with van der Waals surface area (Å²) in [5.41, 5.74) is 3.82. The van der Waals surface area contributed by atoms with Crippen LogP contribution in [0.25, 0.3) is 11.0 Å². The van der Waals surface area contributed by atoms with E-state index in [1.807, 2.05) is 19.1 Å². The number of fused-ring (bicyclic) bond motifs is 1. The number of unbranched alkanes of at least 4 members (excludes halogenated alkanes) is 1. The Labute approximate surface area is 239 Å². The molecule has 1 aromatic heterocycles. The number of nitrogens with one attached hydrogen (secondary N) is 1. The van der Waals surface area contributed by atoms with Crippen molar-refractivity contribution < 1.29 is 13.6 Å². The van der Waals surface area contributed by atoms with E-state index < -0.39 is 23.6 Å². The average molecular weight is 556 g/mol. The number of carbonyl (C=O) groups excluding carboxylic acids is 1. The molecule has 4 aromatic rings. The summed E-state index contributed by atoms with van der Waals surface area (Å²) in [5.74, 6) is -2.23. The van der Waals surface area contributed by atoms with Gasteiger partial charge in [0.15, 0.2) is 11.6 Å². The Morgan fingerprint density at radius 3 is 2.61 bits per heavy atom. The number of hydrogen-bond acceptors (Lipinski definition) is 4. The zero-order valence-corrected chi connectivity index (χ0v) is 23.4. The molecule has 0 spiro atoms. The highest BCUT2D eigenvalue weighted by Crippen LogP contribution is 2.30. The van der Waals surface area contributed by atoms with Gasteiger partial charge in [-0.1, -0.05) is 50.1 Å². The number of H-pyrrole nitrogens is 1. The second-order valence-corrected chi connectivity index (χ2v) is 10.7. The number of carbonyl (C=O) groups is 1. The van der Waals surface area contributed by atoms with Gasteiger partial charge in [0, 0.05) is 19.5 Å². The lowest BCUT2D eigenvalue weighted by Gasteiger charge is -2.32. The summed E-state index contributed by atoms with van der Waals surface area (Å²) in [5, 5.41) is 9.40. The summed E-state index contributed by atoms with van der Waals surface area (Å²) in [6.07, 6.45) is 5.58. The zero-order valence-electron chi connectivity index (χ0n) is 23.4. The highest BCUT2D eigenvalue weighted by molar-refractivity contribution is 5.95. The molecule has 3 aromatic carbocycles. The van der Waals surface area contributed by atoms with Gasteiger partial charge in [-0.3, -0.25) is 9.69 Å². The Hall–Kier alpha value is -4.09. The topological polar surface area (TPSA) is 76.0 Å². The van der Waals surface area contributed by atoms with Crippen molar-refractivity contribution in [3.05, 3.63) is 100 Å². The summed E-state index contributed by atoms with van der Waals surface area (Å²) < 4.78 is 29.1. The van der Waals surface area contributed by atoms with Gasteiger partial charge < -0.3 is 9.88 Å². The van der Waals surface area contributed by atoms with Gasteiger partial charge in [0.25, 0.3) is 5.91 Å². The van der Waals surface area contributed by atoms with Crippen molar-refractivity contribution in [3.63, 3.8) is 0 Å². The van der Waals surface area contributed by atoms with Crippen LogP contribution in [-0.4, -0.2) is 45.3 Å². The molecule has 1 amide bonds. The monoisotopic (exact) mass is 555 g/mol. The molecular weight excluding hydrogens is 520 g/mol. The number of hydrogen-bond donors (Lipinski definition) is 1. The molecule has 1 N–H and O–H groups in total. The third-order valence-electron chi connectivity index (χ3n) is 7.89. The number of nitrogens with zero attached hydrogens (tertiary/aromatic N) is 4. The van der Waals surface area contributed by atoms with Crippen molar-refractivity contribution in [3.8, 4) is 6.07 Å². The van der Waals surface area contributed by atoms with Crippen molar-refractivity contribution in [1.29, 1.82) is 5.26 Å². The Kier molecular flexibility index (Phi) is 9.05. The minimum Gasteiger partial charge on any atom is -0.340 e. The van der Waals surface area contributed by atoms with E-state index in [0.29, 0.717) is 41.8 Å². The van der Waals surface area contributed by atoms with E-state index in [4.69, 9.17) is 4.98 Å². The van der Waals surface area contributed by atoms with Crippen molar-refractivity contribution in [2.75, 3.05) is 19.6 Å². The van der Waals surface area contributed by atoms with Crippen molar-refractivity contribution in [2.24, 2.45) is 0 Å². The fraction of sp³-hybridized carbons (Fsp3) is 0.364. The van der Waals surface area contributed by atoms with Crippen molar-refractivity contribution in [1.82, 2.24) is 19.8 Å². The SMILES string of the molecule is CCCCN(C(=O)c1cccc(F)c1F)C(Cc1ccccc1CN1CCCCC1)c1nc2ccc(C#N)cc2[nH]1. The van der Waals surface area contributed by atoms with Crippen LogP contribution >= 0.6 is 0 Å². The molecular formula is C33H35F2N5O. The molecule has 1 aliphatic heterocycles. The van der Waals surface area contributed by atoms with Gasteiger partial charge in [-0.25, -0.2) is 13.8 Å². The normalized spacial score (nSPS) is 14.6. The predicted octanol–water partition coefficient (Wildman–Crippen LogP) is 6.92. The lowest BCUT2D eigenvalue weighted by molar-refractivity contribution is 0.0657. The molecule has 1 atom stereocenters. The highest BCUT2D eigenvalue weighted by atomic mass is 19.2. The van der Waals surface area contributed by atoms with E-state index in [2.05, 4.69) is 28.1 Å². The summed E-state index contributed by atoms with van der Waals surface area (Å²) in [4.78, 5) is 26.2. The fourth-order valence-corrected chi connectivity index (χ4v) is 5.64. The molecule has 1 aliphatic rings. The molecule has 41 heavy (non-hydrogen) atoms. The Morgan fingerprint density at radius 1 is 1.07 bits per heavy atom. The number of aromatic amines is 1. The maximum Gasteiger partial charge on any atom is 0.257 e. The molecule has 6 nitrogen and oxygen atoms in total. The summed E-state index contributed by atoms with van der Waals surface area (Å²) >= 11 is 0. The Morgan fingerprint density at radius 2 is 1.85 bits per heavy atom. The molecule has 1 saturated heterocycles. The predicted molar refractivity (Wildman–Crippen MR) is 155 cm³/mol. The van der Waals surface area contributed by atoms with E-state index in [9.17, 15) is 18.8 Å². The summed E-state index contributed by atoms with van der Waals surface area (Å²) in [6, 6.07) is 18.7. The van der Waals surface area contributed by atoms with Gasteiger partial charge in [-0.2, -0.15) is 5.26 Å². The van der Waals surface area contributed by atoms with Crippen LogP contribution in [0.2, 0.25) is 0 Å². The van der Waals surface area contributed by atoms with Crippen molar-refractivity contribution >= 4 is 16.9 Å². The number of rotatable bonds is 10. The quantitative estimate of drug-likeness (QED) is 0.230. The summed E-state index contributed by atoms with van der Waals surface area (Å²) in [7, 11) is 0. The van der Waals surface area contributed by atoms with Gasteiger partial charge >= 0.3 is 0 Å². The zero-order chi connectivity index (χ0) is 28.8. The van der Waals surface area contributed by atoms with Crippen LogP contribution in [0.3, 0.4) is 0 Å². The van der Waals surface area contributed by atoms with Crippen LogP contribution in [0.1, 0.15) is 77.9 Å². The molecule has 5 rings (SSSR count). The van der Waals surface area contributed by atoms with E-state index >= 15 is 0 Å². The second-order valence-electron chi connectivity index (χ2n) is 10.7. The molecule has 1 fully saturated rings. The smallest absolute Gasteiger partial charge is 0.257 e. The second kappa shape index (κ2) is 13.0. The largest absolute Gasteiger partial charge is 0.340 e. The summed E-state index contributed by atoms with van der Waals surface area (Å²) in [6.45, 7) is 5.31. The average Bonchev–Trinajstić information content (AvgIpc) is 3.42. The molecule has 0 saturated carbocycles. The lowest BCUT2D eigenvalue weighted by atomic mass is 9.97. The molecule has 8 heteroatoms. The molecule has 0 aliphatic carbocycles. The van der Waals surface area contributed by atoms with E-state index in [0.717, 1.165) is 37.7 Å². The number of likely N-dealkylation sites (tertiary alicyclic amines) is 1. The number of imidazole rings is 1. The van der Waals surface area contributed by atoms with Gasteiger partial charge in [0.1, 0.15) is 5.82 Å². The maximum absolute atomic E-state index is 14.9. The van der Waals surface area contributed by atoms with E-state index in [-0.39, 0.29) is 5.56 Å². The fourth-order valence-electron chi connectivity index (χ4n) is 5.64. The number of benzene rings is 3. The number of amides is 1. The third kappa shape index (κ3) is 6.47. The van der Waals surface area contributed by atoms with Crippen LogP contribution in [0.4, 0.5) is 8.78 Å². The van der Waals surface area contributed by atoms with Gasteiger partial charge in [-0.05, 0) is 73.8 Å². The number of aromatic nitrogens is 2. The first-order valence-electron chi connectivity index (χ1n) is 14.4. The third-order valence-corrected chi connectivity index (χ3v) is 7.89. The molecule has 1 unspecified atom stereocenters.